The van der Waals surface area contributed by atoms with Gasteiger partial charge in [0.2, 0.25) is 6.10 Å². The Balaban J connectivity index is 1.61. The van der Waals surface area contributed by atoms with Gasteiger partial charge in [0.15, 0.2) is 0 Å². The van der Waals surface area contributed by atoms with E-state index in [-0.39, 0.29) is 15.5 Å². The molecular weight excluding hydrogens is 512 g/mol. The van der Waals surface area contributed by atoms with Crippen molar-refractivity contribution in [3.05, 3.63) is 108 Å². The minimum Gasteiger partial charge on any atom is -0.492 e. The molecule has 10 heteroatoms. The van der Waals surface area contributed by atoms with Gasteiger partial charge in [-0.25, -0.2) is 13.2 Å². The standard InChI is InChI=1S/C27H24N2O6S2/c1-2-34-23-16-9-8-15-22(23)28-26(30)25(19-11-4-3-5-12-19)35-27(31)20-13-6-7-14-21(20)29-37(32,33)24-17-10-18-36-24/h3-18,25,29H,2H2,1H3,(H,28,30)/t25-/m0/s1. The maximum absolute atomic E-state index is 13.4. The number of rotatable bonds is 10. The Labute approximate surface area is 218 Å². The molecule has 0 bridgehead atoms. The molecule has 0 aliphatic rings. The molecule has 0 fully saturated rings. The first-order valence-corrected chi connectivity index (χ1v) is 13.7. The first kappa shape index (κ1) is 25.9. The SMILES string of the molecule is CCOc1ccccc1NC(=O)[C@@H](OC(=O)c1ccccc1NS(=O)(=O)c1cccs1)c1ccccc1. The molecule has 0 aliphatic heterocycles. The number of carbonyl (C=O) groups is 2. The molecule has 0 aliphatic carbocycles. The lowest BCUT2D eigenvalue weighted by Gasteiger charge is -2.20. The molecule has 4 rings (SSSR count). The minimum atomic E-state index is -3.91. The fourth-order valence-corrected chi connectivity index (χ4v) is 5.56. The second kappa shape index (κ2) is 11.7. The predicted octanol–water partition coefficient (Wildman–Crippen LogP) is 5.48. The maximum Gasteiger partial charge on any atom is 0.341 e. The van der Waals surface area contributed by atoms with E-state index in [1.54, 1.807) is 78.2 Å². The normalized spacial score (nSPS) is 11.8. The van der Waals surface area contributed by atoms with Crippen LogP contribution in [0.2, 0.25) is 0 Å². The summed E-state index contributed by atoms with van der Waals surface area (Å²) in [5.41, 5.74) is 0.871. The first-order valence-electron chi connectivity index (χ1n) is 11.3. The van der Waals surface area contributed by atoms with Gasteiger partial charge in [0, 0.05) is 5.56 Å². The van der Waals surface area contributed by atoms with E-state index >= 15 is 0 Å². The average molecular weight is 537 g/mol. The van der Waals surface area contributed by atoms with Gasteiger partial charge in [-0.05, 0) is 42.6 Å². The first-order chi connectivity index (χ1) is 17.9. The van der Waals surface area contributed by atoms with Crippen molar-refractivity contribution in [2.24, 2.45) is 0 Å². The highest BCUT2D eigenvalue weighted by molar-refractivity contribution is 7.94. The van der Waals surface area contributed by atoms with Gasteiger partial charge in [0.1, 0.15) is 9.96 Å². The van der Waals surface area contributed by atoms with E-state index in [0.29, 0.717) is 23.6 Å². The number of hydrogen-bond donors (Lipinski definition) is 2. The van der Waals surface area contributed by atoms with Crippen molar-refractivity contribution in [1.29, 1.82) is 0 Å². The number of anilines is 2. The molecule has 8 nitrogen and oxygen atoms in total. The molecule has 3 aromatic carbocycles. The largest absolute Gasteiger partial charge is 0.492 e. The van der Waals surface area contributed by atoms with E-state index in [1.807, 2.05) is 6.92 Å². The molecule has 1 aromatic heterocycles. The van der Waals surface area contributed by atoms with Crippen LogP contribution in [-0.4, -0.2) is 26.9 Å². The molecule has 1 amide bonds. The molecule has 0 spiro atoms. The number of amides is 1. The Kier molecular flexibility index (Phi) is 8.22. The van der Waals surface area contributed by atoms with Crippen molar-refractivity contribution in [2.45, 2.75) is 17.2 Å². The van der Waals surface area contributed by atoms with Gasteiger partial charge in [-0.15, -0.1) is 11.3 Å². The van der Waals surface area contributed by atoms with Crippen LogP contribution in [0, 0.1) is 0 Å². The Bertz CT molecular complexity index is 1470. The van der Waals surface area contributed by atoms with Crippen LogP contribution in [0.3, 0.4) is 0 Å². The van der Waals surface area contributed by atoms with Gasteiger partial charge >= 0.3 is 5.97 Å². The molecule has 4 aromatic rings. The third kappa shape index (κ3) is 6.35. The molecule has 1 atom stereocenters. The fourth-order valence-electron chi connectivity index (χ4n) is 3.48. The topological polar surface area (TPSA) is 111 Å². The summed E-state index contributed by atoms with van der Waals surface area (Å²) in [6.07, 6.45) is -1.31. The Morgan fingerprint density at radius 1 is 0.865 bits per heavy atom. The van der Waals surface area contributed by atoms with E-state index in [2.05, 4.69) is 10.0 Å². The van der Waals surface area contributed by atoms with Crippen LogP contribution in [-0.2, 0) is 19.6 Å². The van der Waals surface area contributed by atoms with Gasteiger partial charge in [-0.3, -0.25) is 9.52 Å². The zero-order chi connectivity index (χ0) is 26.3. The minimum absolute atomic E-state index is 0.0360. The summed E-state index contributed by atoms with van der Waals surface area (Å²) in [4.78, 5) is 26.6. The summed E-state index contributed by atoms with van der Waals surface area (Å²) < 4.78 is 39.3. The lowest BCUT2D eigenvalue weighted by Crippen LogP contribution is -2.26. The van der Waals surface area contributed by atoms with Crippen LogP contribution in [0.4, 0.5) is 11.4 Å². The number of thiophene rings is 1. The molecular formula is C27H24N2O6S2. The van der Waals surface area contributed by atoms with E-state index in [1.165, 1.54) is 18.2 Å². The van der Waals surface area contributed by atoms with E-state index in [9.17, 15) is 18.0 Å². The van der Waals surface area contributed by atoms with E-state index in [0.717, 1.165) is 11.3 Å². The number of carbonyl (C=O) groups excluding carboxylic acids is 2. The molecule has 0 radical (unpaired) electrons. The van der Waals surface area contributed by atoms with Crippen LogP contribution in [0.5, 0.6) is 5.75 Å². The summed E-state index contributed by atoms with van der Waals surface area (Å²) in [6, 6.07) is 24.6. The average Bonchev–Trinajstić information content (AvgIpc) is 3.45. The lowest BCUT2D eigenvalue weighted by atomic mass is 10.1. The van der Waals surface area contributed by atoms with Crippen molar-refractivity contribution >= 4 is 44.6 Å². The molecule has 0 saturated carbocycles. The van der Waals surface area contributed by atoms with Crippen molar-refractivity contribution in [3.63, 3.8) is 0 Å². The molecule has 0 saturated heterocycles. The third-order valence-corrected chi connectivity index (χ3v) is 7.92. The monoisotopic (exact) mass is 536 g/mol. The van der Waals surface area contributed by atoms with Crippen LogP contribution < -0.4 is 14.8 Å². The Morgan fingerprint density at radius 3 is 2.24 bits per heavy atom. The third-order valence-electron chi connectivity index (χ3n) is 5.16. The number of sulfonamides is 1. The smallest absolute Gasteiger partial charge is 0.341 e. The molecule has 0 unspecified atom stereocenters. The molecule has 190 valence electrons. The number of esters is 1. The Morgan fingerprint density at radius 2 is 1.54 bits per heavy atom. The highest BCUT2D eigenvalue weighted by atomic mass is 32.2. The van der Waals surface area contributed by atoms with Gasteiger partial charge in [-0.2, -0.15) is 0 Å². The summed E-state index contributed by atoms with van der Waals surface area (Å²) >= 11 is 1.05. The van der Waals surface area contributed by atoms with Crippen LogP contribution in [0.15, 0.2) is 101 Å². The van der Waals surface area contributed by atoms with Gasteiger partial charge in [0.25, 0.3) is 15.9 Å². The predicted molar refractivity (Wildman–Crippen MR) is 142 cm³/mol. The molecule has 2 N–H and O–H groups in total. The number of para-hydroxylation sites is 3. The zero-order valence-corrected chi connectivity index (χ0v) is 21.4. The highest BCUT2D eigenvalue weighted by Gasteiger charge is 2.28. The number of nitrogens with one attached hydrogen (secondary N) is 2. The fraction of sp³-hybridized carbons (Fsp3) is 0.111. The maximum atomic E-state index is 13.4. The summed E-state index contributed by atoms with van der Waals surface area (Å²) in [7, 11) is -3.91. The Hall–Kier alpha value is -4.15. The lowest BCUT2D eigenvalue weighted by molar-refractivity contribution is -0.125. The van der Waals surface area contributed by atoms with Crippen molar-refractivity contribution in [2.75, 3.05) is 16.6 Å². The summed E-state index contributed by atoms with van der Waals surface area (Å²) in [6.45, 7) is 2.24. The van der Waals surface area contributed by atoms with Crippen molar-refractivity contribution < 1.29 is 27.5 Å². The van der Waals surface area contributed by atoms with Crippen LogP contribution in [0.25, 0.3) is 0 Å². The second-order valence-electron chi connectivity index (χ2n) is 7.70. The van der Waals surface area contributed by atoms with Gasteiger partial charge in [0.05, 0.1) is 23.5 Å². The summed E-state index contributed by atoms with van der Waals surface area (Å²) in [5, 5.41) is 4.41. The van der Waals surface area contributed by atoms with Crippen molar-refractivity contribution in [1.82, 2.24) is 0 Å². The highest BCUT2D eigenvalue weighted by Crippen LogP contribution is 2.29. The van der Waals surface area contributed by atoms with E-state index in [4.69, 9.17) is 9.47 Å². The molecule has 37 heavy (non-hydrogen) atoms. The quantitative estimate of drug-likeness (QED) is 0.260. The van der Waals surface area contributed by atoms with Crippen LogP contribution in [0.1, 0.15) is 28.9 Å². The number of benzene rings is 3. The second-order valence-corrected chi connectivity index (χ2v) is 10.6. The molecule has 1 heterocycles. The zero-order valence-electron chi connectivity index (χ0n) is 19.8. The van der Waals surface area contributed by atoms with Gasteiger partial charge < -0.3 is 14.8 Å². The van der Waals surface area contributed by atoms with Crippen LogP contribution >= 0.6 is 11.3 Å². The van der Waals surface area contributed by atoms with Crippen molar-refractivity contribution in [3.8, 4) is 5.75 Å². The van der Waals surface area contributed by atoms with E-state index < -0.39 is 28.0 Å². The summed E-state index contributed by atoms with van der Waals surface area (Å²) in [5.74, 6) is -0.986. The number of hydrogen-bond acceptors (Lipinski definition) is 7. The van der Waals surface area contributed by atoms with Gasteiger partial charge in [-0.1, -0.05) is 60.7 Å². The number of ether oxygens (including phenoxy) is 2.